The van der Waals surface area contributed by atoms with Crippen LogP contribution < -0.4 is 5.32 Å². The number of nitrogens with one attached hydrogen (secondary N) is 1. The second kappa shape index (κ2) is 4.55. The van der Waals surface area contributed by atoms with Gasteiger partial charge in [0.1, 0.15) is 10.0 Å². The maximum absolute atomic E-state index is 13.0. The third-order valence-electron chi connectivity index (χ3n) is 3.73. The number of hydrogen-bond acceptors (Lipinski definition) is 4. The molecule has 0 saturated carbocycles. The predicted molar refractivity (Wildman–Crippen MR) is 68.3 cm³/mol. The van der Waals surface area contributed by atoms with Gasteiger partial charge in [0.25, 0.3) is 0 Å². The molecule has 3 rings (SSSR count). The van der Waals surface area contributed by atoms with Crippen LogP contribution in [-0.2, 0) is 16.2 Å². The summed E-state index contributed by atoms with van der Waals surface area (Å²) >= 11 is 5.45. The summed E-state index contributed by atoms with van der Waals surface area (Å²) in [5.41, 5.74) is -1.59. The minimum absolute atomic E-state index is 0.120. The van der Waals surface area contributed by atoms with Gasteiger partial charge >= 0.3 is 6.18 Å². The molecule has 2 saturated heterocycles. The number of halogens is 4. The van der Waals surface area contributed by atoms with Gasteiger partial charge in [-0.25, -0.2) is 13.4 Å². The summed E-state index contributed by atoms with van der Waals surface area (Å²) in [6.45, 7) is 1.82. The van der Waals surface area contributed by atoms with Gasteiger partial charge in [-0.1, -0.05) is 11.6 Å². The minimum atomic E-state index is -4.88. The molecule has 0 atom stereocenters. The summed E-state index contributed by atoms with van der Waals surface area (Å²) in [7, 11) is -4.22. The Labute approximate surface area is 124 Å². The van der Waals surface area contributed by atoms with Crippen LogP contribution in [0.2, 0.25) is 5.15 Å². The molecule has 21 heavy (non-hydrogen) atoms. The fourth-order valence-corrected chi connectivity index (χ4v) is 4.51. The zero-order valence-electron chi connectivity index (χ0n) is 10.6. The second-order valence-electron chi connectivity index (χ2n) is 5.36. The van der Waals surface area contributed by atoms with Crippen LogP contribution in [0.15, 0.2) is 17.0 Å². The molecule has 5 nitrogen and oxygen atoms in total. The number of aromatic nitrogens is 1. The van der Waals surface area contributed by atoms with Crippen LogP contribution >= 0.6 is 11.6 Å². The standard InChI is InChI=1S/C11H11ClF3N3O2S/c12-8-2-1-7(9(17-8)11(13,14)15)21(19,20)18-5-10(6-18)3-16-4-10/h1-2,16H,3-6H2. The topological polar surface area (TPSA) is 62.3 Å². The van der Waals surface area contributed by atoms with E-state index in [0.29, 0.717) is 13.1 Å². The Hall–Kier alpha value is -0.900. The van der Waals surface area contributed by atoms with Crippen molar-refractivity contribution >= 4 is 21.6 Å². The van der Waals surface area contributed by atoms with E-state index in [2.05, 4.69) is 10.3 Å². The zero-order valence-corrected chi connectivity index (χ0v) is 12.2. The Morgan fingerprint density at radius 2 is 1.90 bits per heavy atom. The Kier molecular flexibility index (Phi) is 3.25. The number of rotatable bonds is 2. The van der Waals surface area contributed by atoms with E-state index in [-0.39, 0.29) is 18.5 Å². The number of pyridine rings is 1. The summed E-state index contributed by atoms with van der Waals surface area (Å²) in [4.78, 5) is 2.30. The van der Waals surface area contributed by atoms with E-state index < -0.39 is 31.9 Å². The first-order valence-electron chi connectivity index (χ1n) is 6.09. The van der Waals surface area contributed by atoms with Gasteiger partial charge in [0.05, 0.1) is 0 Å². The first-order valence-corrected chi connectivity index (χ1v) is 7.91. The molecule has 116 valence electrons. The summed E-state index contributed by atoms with van der Waals surface area (Å²) in [6, 6.07) is 1.90. The Bertz CT molecular complexity index is 680. The molecule has 2 aliphatic heterocycles. The van der Waals surface area contributed by atoms with Crippen LogP contribution in [-0.4, -0.2) is 43.9 Å². The van der Waals surface area contributed by atoms with Crippen LogP contribution in [0.25, 0.3) is 0 Å². The normalized spacial score (nSPS) is 21.9. The molecule has 0 unspecified atom stereocenters. The lowest BCUT2D eigenvalue weighted by Crippen LogP contribution is -2.71. The lowest BCUT2D eigenvalue weighted by atomic mass is 9.76. The van der Waals surface area contributed by atoms with Crippen LogP contribution in [0.4, 0.5) is 13.2 Å². The van der Waals surface area contributed by atoms with Gasteiger partial charge < -0.3 is 5.32 Å². The molecule has 2 fully saturated rings. The smallest absolute Gasteiger partial charge is 0.315 e. The maximum Gasteiger partial charge on any atom is 0.434 e. The van der Waals surface area contributed by atoms with Crippen LogP contribution in [0, 0.1) is 5.41 Å². The van der Waals surface area contributed by atoms with Crippen molar-refractivity contribution in [1.29, 1.82) is 0 Å². The second-order valence-corrected chi connectivity index (χ2v) is 7.65. The van der Waals surface area contributed by atoms with E-state index in [1.54, 1.807) is 0 Å². The number of alkyl halides is 3. The average molecular weight is 342 g/mol. The molecule has 0 aliphatic carbocycles. The predicted octanol–water partition coefficient (Wildman–Crippen LogP) is 1.35. The molecule has 0 bridgehead atoms. The molecule has 1 aromatic rings. The Balaban J connectivity index is 1.96. The summed E-state index contributed by atoms with van der Waals surface area (Å²) in [6.07, 6.45) is -4.88. The number of hydrogen-bond donors (Lipinski definition) is 1. The highest BCUT2D eigenvalue weighted by atomic mass is 35.5. The largest absolute Gasteiger partial charge is 0.434 e. The van der Waals surface area contributed by atoms with Crippen molar-refractivity contribution < 1.29 is 21.6 Å². The monoisotopic (exact) mass is 341 g/mol. The molecule has 0 radical (unpaired) electrons. The van der Waals surface area contributed by atoms with Gasteiger partial charge in [-0.05, 0) is 12.1 Å². The van der Waals surface area contributed by atoms with Crippen molar-refractivity contribution in [2.24, 2.45) is 5.41 Å². The first kappa shape index (κ1) is 15.0. The number of sulfonamides is 1. The van der Waals surface area contributed by atoms with Gasteiger partial charge in [-0.2, -0.15) is 17.5 Å². The van der Waals surface area contributed by atoms with Gasteiger partial charge in [0, 0.05) is 31.6 Å². The summed E-state index contributed by atoms with van der Waals surface area (Å²) in [5.74, 6) is 0. The zero-order chi connectivity index (χ0) is 15.5. The molecule has 0 amide bonds. The van der Waals surface area contributed by atoms with Crippen molar-refractivity contribution in [3.8, 4) is 0 Å². The van der Waals surface area contributed by atoms with Crippen LogP contribution in [0.3, 0.4) is 0 Å². The van der Waals surface area contributed by atoms with E-state index in [9.17, 15) is 21.6 Å². The highest BCUT2D eigenvalue weighted by Crippen LogP contribution is 2.40. The highest BCUT2D eigenvalue weighted by molar-refractivity contribution is 7.89. The van der Waals surface area contributed by atoms with E-state index in [4.69, 9.17) is 11.6 Å². The quantitative estimate of drug-likeness (QED) is 0.825. The van der Waals surface area contributed by atoms with Crippen molar-refractivity contribution in [3.63, 3.8) is 0 Å². The highest BCUT2D eigenvalue weighted by Gasteiger charge is 2.53. The Morgan fingerprint density at radius 3 is 2.38 bits per heavy atom. The van der Waals surface area contributed by atoms with E-state index in [1.165, 1.54) is 0 Å². The average Bonchev–Trinajstić information content (AvgIpc) is 2.22. The molecule has 1 spiro atoms. The summed E-state index contributed by atoms with van der Waals surface area (Å²) < 4.78 is 64.6. The molecule has 1 aromatic heterocycles. The van der Waals surface area contributed by atoms with Crippen molar-refractivity contribution in [2.45, 2.75) is 11.1 Å². The van der Waals surface area contributed by atoms with Gasteiger partial charge in [-0.3, -0.25) is 0 Å². The molecule has 10 heteroatoms. The van der Waals surface area contributed by atoms with Crippen molar-refractivity contribution in [3.05, 3.63) is 23.0 Å². The molecule has 0 aromatic carbocycles. The first-order chi connectivity index (χ1) is 9.64. The fourth-order valence-electron chi connectivity index (χ4n) is 2.55. The van der Waals surface area contributed by atoms with E-state index in [1.807, 2.05) is 0 Å². The lowest BCUT2D eigenvalue weighted by Gasteiger charge is -2.55. The fraction of sp³-hybridized carbons (Fsp3) is 0.545. The third-order valence-corrected chi connectivity index (χ3v) is 5.77. The third kappa shape index (κ3) is 2.41. The molecular weight excluding hydrogens is 331 g/mol. The van der Waals surface area contributed by atoms with Crippen LogP contribution in [0.5, 0.6) is 0 Å². The van der Waals surface area contributed by atoms with Gasteiger partial charge in [0.2, 0.25) is 10.0 Å². The van der Waals surface area contributed by atoms with E-state index in [0.717, 1.165) is 16.4 Å². The molecule has 3 heterocycles. The SMILES string of the molecule is O=S(=O)(c1ccc(Cl)nc1C(F)(F)F)N1CC2(CNC2)C1. The van der Waals surface area contributed by atoms with Gasteiger partial charge in [0.15, 0.2) is 5.69 Å². The van der Waals surface area contributed by atoms with Crippen molar-refractivity contribution in [2.75, 3.05) is 26.2 Å². The number of nitrogens with zero attached hydrogens (tertiary/aromatic N) is 2. The van der Waals surface area contributed by atoms with Gasteiger partial charge in [-0.15, -0.1) is 0 Å². The minimum Gasteiger partial charge on any atom is -0.315 e. The maximum atomic E-state index is 13.0. The van der Waals surface area contributed by atoms with E-state index >= 15 is 0 Å². The summed E-state index contributed by atoms with van der Waals surface area (Å²) in [5, 5.41) is 2.63. The molecule has 2 aliphatic rings. The Morgan fingerprint density at radius 1 is 1.29 bits per heavy atom. The lowest BCUT2D eigenvalue weighted by molar-refractivity contribution is -0.143. The molecule has 1 N–H and O–H groups in total. The van der Waals surface area contributed by atoms with Crippen LogP contribution in [0.1, 0.15) is 5.69 Å². The molecular formula is C11H11ClF3N3O2S. The van der Waals surface area contributed by atoms with Crippen molar-refractivity contribution in [1.82, 2.24) is 14.6 Å².